The topological polar surface area (TPSA) is 111 Å². The highest BCUT2D eigenvalue weighted by atomic mass is 35.5. The lowest BCUT2D eigenvalue weighted by molar-refractivity contribution is -0.169. The maximum atomic E-state index is 12.9. The first-order chi connectivity index (χ1) is 11.9. The number of hydroxylamine groups is 1. The molecule has 1 aromatic rings. The largest absolute Gasteiger partial charge is 0.467 e. The van der Waals surface area contributed by atoms with Crippen molar-refractivity contribution in [1.82, 2.24) is 5.48 Å². The Morgan fingerprint density at radius 3 is 2.20 bits per heavy atom. The third kappa shape index (κ3) is 2.31. The van der Waals surface area contributed by atoms with Crippen LogP contribution in [0.15, 0.2) is 24.3 Å². The summed E-state index contributed by atoms with van der Waals surface area (Å²) in [6, 6.07) is 5.92. The van der Waals surface area contributed by atoms with Crippen LogP contribution in [-0.2, 0) is 33.5 Å². The van der Waals surface area contributed by atoms with Crippen molar-refractivity contribution in [3.63, 3.8) is 0 Å². The number of nitrogens with one attached hydrogen (secondary N) is 1. The van der Waals surface area contributed by atoms with Gasteiger partial charge in [0.1, 0.15) is 5.92 Å². The number of imide groups is 1. The molecule has 2 aliphatic heterocycles. The number of methoxy groups -OCH3 is 2. The summed E-state index contributed by atoms with van der Waals surface area (Å²) >= 11 is 5.81. The molecule has 2 amide bonds. The Balaban J connectivity index is 2.06. The minimum Gasteiger partial charge on any atom is -0.467 e. The molecule has 2 aliphatic rings. The molecule has 10 heteroatoms. The van der Waals surface area contributed by atoms with Gasteiger partial charge in [0, 0.05) is 5.02 Å². The van der Waals surface area contributed by atoms with E-state index in [1.54, 1.807) is 0 Å². The average Bonchev–Trinajstić information content (AvgIpc) is 3.13. The number of rotatable bonds is 3. The average molecular weight is 369 g/mol. The Morgan fingerprint density at radius 2 is 1.68 bits per heavy atom. The number of anilines is 1. The second kappa shape index (κ2) is 6.10. The van der Waals surface area contributed by atoms with Crippen LogP contribution in [0.5, 0.6) is 0 Å². The van der Waals surface area contributed by atoms with Gasteiger partial charge in [-0.1, -0.05) is 11.6 Å². The lowest BCUT2D eigenvalue weighted by Gasteiger charge is -2.26. The van der Waals surface area contributed by atoms with Crippen LogP contribution in [0.2, 0.25) is 5.02 Å². The van der Waals surface area contributed by atoms with Crippen LogP contribution in [0.3, 0.4) is 0 Å². The fourth-order valence-corrected chi connectivity index (χ4v) is 3.11. The predicted molar refractivity (Wildman–Crippen MR) is 82.2 cm³/mol. The van der Waals surface area contributed by atoms with Gasteiger partial charge in [0.05, 0.1) is 19.9 Å². The van der Waals surface area contributed by atoms with E-state index in [0.29, 0.717) is 5.02 Å². The molecule has 0 aliphatic carbocycles. The molecule has 0 aromatic heterocycles. The number of hydrogen-bond donors (Lipinski definition) is 1. The van der Waals surface area contributed by atoms with E-state index in [1.165, 1.54) is 24.3 Å². The molecular weight excluding hydrogens is 356 g/mol. The maximum absolute atomic E-state index is 12.9. The highest BCUT2D eigenvalue weighted by molar-refractivity contribution is 6.31. The first-order valence-corrected chi connectivity index (χ1v) is 7.49. The summed E-state index contributed by atoms with van der Waals surface area (Å²) in [5, 5.41) is 0.416. The Kier molecular flexibility index (Phi) is 4.23. The first-order valence-electron chi connectivity index (χ1n) is 7.11. The molecule has 2 atom stereocenters. The van der Waals surface area contributed by atoms with Crippen molar-refractivity contribution in [3.05, 3.63) is 29.3 Å². The minimum absolute atomic E-state index is 0.237. The molecule has 2 heterocycles. The smallest absolute Gasteiger partial charge is 0.341 e. The second-order valence-electron chi connectivity index (χ2n) is 5.40. The Hall–Kier alpha value is -2.49. The van der Waals surface area contributed by atoms with Crippen molar-refractivity contribution >= 4 is 41.0 Å². The lowest BCUT2D eigenvalue weighted by atomic mass is 9.82. The molecule has 9 nitrogen and oxygen atoms in total. The summed E-state index contributed by atoms with van der Waals surface area (Å²) in [4.78, 5) is 55.9. The van der Waals surface area contributed by atoms with E-state index in [1.807, 2.05) is 0 Å². The molecule has 3 rings (SSSR count). The zero-order valence-corrected chi connectivity index (χ0v) is 13.9. The van der Waals surface area contributed by atoms with Crippen LogP contribution in [0, 0.1) is 5.92 Å². The zero-order chi connectivity index (χ0) is 18.4. The van der Waals surface area contributed by atoms with Crippen LogP contribution in [-0.4, -0.2) is 49.6 Å². The highest BCUT2D eigenvalue weighted by Gasteiger charge is 2.71. The Morgan fingerprint density at radius 1 is 1.12 bits per heavy atom. The quantitative estimate of drug-likeness (QED) is 0.444. The van der Waals surface area contributed by atoms with Crippen molar-refractivity contribution in [3.8, 4) is 0 Å². The van der Waals surface area contributed by atoms with Crippen molar-refractivity contribution < 1.29 is 33.5 Å². The number of benzene rings is 1. The van der Waals surface area contributed by atoms with Gasteiger partial charge in [0.15, 0.2) is 6.10 Å². The molecule has 0 bridgehead atoms. The van der Waals surface area contributed by atoms with Gasteiger partial charge in [-0.3, -0.25) is 14.4 Å². The lowest BCUT2D eigenvalue weighted by Crippen LogP contribution is -2.61. The van der Waals surface area contributed by atoms with Gasteiger partial charge in [0.2, 0.25) is 5.91 Å². The standard InChI is InChI=1S/C15H13ClN2O7/c1-23-13(21)15(14(22)24-2)9-10(25-17-15)12(20)18(11(9)19)8-5-3-7(16)4-6-8/h3-6,9-10,17H,1-2H3. The summed E-state index contributed by atoms with van der Waals surface area (Å²) in [7, 11) is 2.08. The van der Waals surface area contributed by atoms with E-state index >= 15 is 0 Å². The summed E-state index contributed by atoms with van der Waals surface area (Å²) < 4.78 is 9.25. The molecule has 2 unspecified atom stereocenters. The number of carbonyl (C=O) groups excluding carboxylic acids is 4. The number of carbonyl (C=O) groups is 4. The van der Waals surface area contributed by atoms with Gasteiger partial charge in [0.25, 0.3) is 11.4 Å². The summed E-state index contributed by atoms with van der Waals surface area (Å²) in [6.45, 7) is 0. The molecule has 2 fully saturated rings. The van der Waals surface area contributed by atoms with E-state index in [9.17, 15) is 19.2 Å². The number of amides is 2. The Bertz CT molecular complexity index is 748. The maximum Gasteiger partial charge on any atom is 0.341 e. The first kappa shape index (κ1) is 17.3. The molecule has 1 aromatic carbocycles. The van der Waals surface area contributed by atoms with Gasteiger partial charge in [-0.2, -0.15) is 5.48 Å². The van der Waals surface area contributed by atoms with Crippen LogP contribution in [0.1, 0.15) is 0 Å². The van der Waals surface area contributed by atoms with Gasteiger partial charge >= 0.3 is 11.9 Å². The zero-order valence-electron chi connectivity index (χ0n) is 13.1. The highest BCUT2D eigenvalue weighted by Crippen LogP contribution is 2.40. The fraction of sp³-hybridized carbons (Fsp3) is 0.333. The number of halogens is 1. The molecule has 0 radical (unpaired) electrons. The number of esters is 2. The molecular formula is C15H13ClN2O7. The van der Waals surface area contributed by atoms with Crippen molar-refractivity contribution in [2.24, 2.45) is 5.92 Å². The third-order valence-electron chi connectivity index (χ3n) is 4.17. The number of nitrogens with zero attached hydrogens (tertiary/aromatic N) is 1. The van der Waals surface area contributed by atoms with Crippen LogP contribution in [0.25, 0.3) is 0 Å². The second-order valence-corrected chi connectivity index (χ2v) is 5.83. The van der Waals surface area contributed by atoms with E-state index in [4.69, 9.17) is 16.4 Å². The van der Waals surface area contributed by atoms with Gasteiger partial charge in [-0.15, -0.1) is 0 Å². The molecule has 2 saturated heterocycles. The number of ether oxygens (including phenoxy) is 2. The van der Waals surface area contributed by atoms with E-state index in [0.717, 1.165) is 19.1 Å². The minimum atomic E-state index is -2.26. The summed E-state index contributed by atoms with van der Waals surface area (Å²) in [5.41, 5.74) is 0.152. The van der Waals surface area contributed by atoms with E-state index in [2.05, 4.69) is 15.0 Å². The van der Waals surface area contributed by atoms with E-state index in [-0.39, 0.29) is 5.69 Å². The fourth-order valence-electron chi connectivity index (χ4n) is 2.98. The third-order valence-corrected chi connectivity index (χ3v) is 4.42. The molecule has 0 saturated carbocycles. The van der Waals surface area contributed by atoms with Crippen molar-refractivity contribution in [2.75, 3.05) is 19.1 Å². The van der Waals surface area contributed by atoms with Gasteiger partial charge in [-0.05, 0) is 24.3 Å². The monoisotopic (exact) mass is 368 g/mol. The van der Waals surface area contributed by atoms with Gasteiger partial charge in [-0.25, -0.2) is 14.5 Å². The molecule has 0 spiro atoms. The van der Waals surface area contributed by atoms with Crippen LogP contribution >= 0.6 is 11.6 Å². The number of fused-ring (bicyclic) bond motifs is 1. The van der Waals surface area contributed by atoms with E-state index < -0.39 is 41.3 Å². The molecule has 25 heavy (non-hydrogen) atoms. The molecule has 132 valence electrons. The van der Waals surface area contributed by atoms with Crippen LogP contribution in [0.4, 0.5) is 5.69 Å². The molecule has 1 N–H and O–H groups in total. The SMILES string of the molecule is COC(=O)C1(C(=O)OC)NOC2C(=O)N(c3ccc(Cl)cc3)C(=O)C21. The van der Waals surface area contributed by atoms with Crippen molar-refractivity contribution in [2.45, 2.75) is 11.6 Å². The number of hydrogen-bond acceptors (Lipinski definition) is 8. The normalized spacial score (nSPS) is 24.2. The predicted octanol–water partition coefficient (Wildman–Crippen LogP) is -0.182. The van der Waals surface area contributed by atoms with Gasteiger partial charge < -0.3 is 9.47 Å². The Labute approximate surface area is 146 Å². The summed E-state index contributed by atoms with van der Waals surface area (Å²) in [6.07, 6.45) is -1.37. The summed E-state index contributed by atoms with van der Waals surface area (Å²) in [5.74, 6) is -5.16. The van der Waals surface area contributed by atoms with Crippen LogP contribution < -0.4 is 10.4 Å². The van der Waals surface area contributed by atoms with Crippen molar-refractivity contribution in [1.29, 1.82) is 0 Å².